The summed E-state index contributed by atoms with van der Waals surface area (Å²) in [6.45, 7) is 1.48. The number of fused-ring (bicyclic) bond motifs is 2. The van der Waals surface area contributed by atoms with Crippen LogP contribution >= 0.6 is 0 Å². The fraction of sp³-hybridized carbons (Fsp3) is 0.200. The van der Waals surface area contributed by atoms with Crippen molar-refractivity contribution in [2.45, 2.75) is 18.0 Å². The molecule has 0 aliphatic heterocycles. The standard InChI is InChI=1S/C20H15F3N4O3S/c1-3-31(29,30)16-7-12-5-4-11(10-28)6-14(12)25-17(16)19-26-15-8-13(20(21,22)23)9-24-18(15)27(19)2/h4-10H,3H2,1-2H3. The zero-order valence-corrected chi connectivity index (χ0v) is 17.1. The van der Waals surface area contributed by atoms with E-state index in [9.17, 15) is 26.4 Å². The Labute approximate surface area is 174 Å². The minimum Gasteiger partial charge on any atom is -0.310 e. The van der Waals surface area contributed by atoms with Crippen molar-refractivity contribution in [2.75, 3.05) is 5.75 Å². The molecule has 1 aromatic carbocycles. The van der Waals surface area contributed by atoms with Gasteiger partial charge in [0.1, 0.15) is 17.5 Å². The van der Waals surface area contributed by atoms with Gasteiger partial charge in [-0.3, -0.25) is 4.79 Å². The molecule has 4 rings (SSSR count). The van der Waals surface area contributed by atoms with Crippen LogP contribution in [0, 0.1) is 0 Å². The molecule has 0 atom stereocenters. The van der Waals surface area contributed by atoms with Crippen LogP contribution in [0.5, 0.6) is 0 Å². The zero-order chi connectivity index (χ0) is 22.6. The SMILES string of the molecule is CCS(=O)(=O)c1cc2ccc(C=O)cc2nc1-c1nc2cc(C(F)(F)F)cnc2n1C. The number of aryl methyl sites for hydroxylation is 1. The molecule has 0 fully saturated rings. The maximum absolute atomic E-state index is 13.1. The Bertz CT molecular complexity index is 1460. The van der Waals surface area contributed by atoms with Crippen LogP contribution < -0.4 is 0 Å². The number of carbonyl (C=O) groups excluding carboxylic acids is 1. The monoisotopic (exact) mass is 448 g/mol. The number of sulfone groups is 1. The Morgan fingerprint density at radius 1 is 1.10 bits per heavy atom. The van der Waals surface area contributed by atoms with Crippen LogP contribution in [-0.4, -0.2) is 40.0 Å². The third-order valence-corrected chi connectivity index (χ3v) is 6.65. The van der Waals surface area contributed by atoms with Crippen molar-refractivity contribution in [3.63, 3.8) is 0 Å². The molecule has 3 heterocycles. The molecular weight excluding hydrogens is 433 g/mol. The number of carbonyl (C=O) groups is 1. The van der Waals surface area contributed by atoms with Crippen LogP contribution in [0.4, 0.5) is 13.2 Å². The lowest BCUT2D eigenvalue weighted by molar-refractivity contribution is -0.137. The van der Waals surface area contributed by atoms with Crippen molar-refractivity contribution in [1.29, 1.82) is 0 Å². The number of rotatable bonds is 4. The molecule has 0 N–H and O–H groups in total. The van der Waals surface area contributed by atoms with Crippen LogP contribution in [0.25, 0.3) is 33.6 Å². The Hall–Kier alpha value is -3.34. The molecule has 11 heteroatoms. The number of aromatic nitrogens is 4. The van der Waals surface area contributed by atoms with E-state index in [0.717, 1.165) is 6.07 Å². The third-order valence-electron chi connectivity index (χ3n) is 4.91. The summed E-state index contributed by atoms with van der Waals surface area (Å²) in [6.07, 6.45) is -3.27. The van der Waals surface area contributed by atoms with Gasteiger partial charge in [0.25, 0.3) is 0 Å². The van der Waals surface area contributed by atoms with E-state index in [2.05, 4.69) is 15.0 Å². The lowest BCUT2D eigenvalue weighted by atomic mass is 10.1. The predicted octanol–water partition coefficient (Wildman–Crippen LogP) is 3.81. The highest BCUT2D eigenvalue weighted by Gasteiger charge is 2.32. The van der Waals surface area contributed by atoms with Gasteiger partial charge in [-0.05, 0) is 18.2 Å². The number of pyridine rings is 2. The van der Waals surface area contributed by atoms with Gasteiger partial charge in [0.05, 0.1) is 21.7 Å². The lowest BCUT2D eigenvalue weighted by Gasteiger charge is -2.11. The molecule has 0 spiro atoms. The zero-order valence-electron chi connectivity index (χ0n) is 16.3. The summed E-state index contributed by atoms with van der Waals surface area (Å²) in [7, 11) is -2.24. The Morgan fingerprint density at radius 3 is 2.48 bits per heavy atom. The quantitative estimate of drug-likeness (QED) is 0.441. The van der Waals surface area contributed by atoms with Crippen molar-refractivity contribution >= 4 is 38.2 Å². The topological polar surface area (TPSA) is 94.8 Å². The second-order valence-electron chi connectivity index (χ2n) is 6.87. The van der Waals surface area contributed by atoms with Crippen LogP contribution in [0.1, 0.15) is 22.8 Å². The number of alkyl halides is 3. The molecule has 0 aliphatic rings. The summed E-state index contributed by atoms with van der Waals surface area (Å²) in [5, 5.41) is 0.498. The number of hydrogen-bond acceptors (Lipinski definition) is 6. The maximum Gasteiger partial charge on any atom is 0.417 e. The van der Waals surface area contributed by atoms with Crippen molar-refractivity contribution in [3.8, 4) is 11.5 Å². The van der Waals surface area contributed by atoms with Gasteiger partial charge in [0, 0.05) is 24.2 Å². The molecule has 4 aromatic rings. The smallest absolute Gasteiger partial charge is 0.310 e. The van der Waals surface area contributed by atoms with Crippen LogP contribution in [0.15, 0.2) is 41.4 Å². The van der Waals surface area contributed by atoms with E-state index in [1.165, 1.54) is 36.7 Å². The molecule has 0 radical (unpaired) electrons. The fourth-order valence-corrected chi connectivity index (χ4v) is 4.28. The number of aldehydes is 1. The average Bonchev–Trinajstić information content (AvgIpc) is 3.07. The first-order valence-electron chi connectivity index (χ1n) is 9.08. The van der Waals surface area contributed by atoms with Crippen molar-refractivity contribution < 1.29 is 26.4 Å². The van der Waals surface area contributed by atoms with Crippen molar-refractivity contribution in [3.05, 3.63) is 47.7 Å². The molecule has 160 valence electrons. The fourth-order valence-electron chi connectivity index (χ4n) is 3.23. The Kier molecular flexibility index (Phi) is 4.80. The Balaban J connectivity index is 2.05. The molecule has 0 bridgehead atoms. The van der Waals surface area contributed by atoms with Gasteiger partial charge in [-0.25, -0.2) is 23.4 Å². The molecule has 0 unspecified atom stereocenters. The van der Waals surface area contributed by atoms with Crippen molar-refractivity contribution in [2.24, 2.45) is 7.05 Å². The van der Waals surface area contributed by atoms with Gasteiger partial charge in [-0.15, -0.1) is 0 Å². The number of hydrogen-bond donors (Lipinski definition) is 0. The molecular formula is C20H15F3N4O3S. The van der Waals surface area contributed by atoms with E-state index in [-0.39, 0.29) is 33.3 Å². The summed E-state index contributed by atoms with van der Waals surface area (Å²) in [5.74, 6) is -0.160. The molecule has 0 amide bonds. The number of benzene rings is 1. The van der Waals surface area contributed by atoms with Gasteiger partial charge in [0.15, 0.2) is 21.3 Å². The molecule has 3 aromatic heterocycles. The number of imidazole rings is 1. The van der Waals surface area contributed by atoms with E-state index in [1.807, 2.05) is 0 Å². The molecule has 7 nitrogen and oxygen atoms in total. The van der Waals surface area contributed by atoms with Gasteiger partial charge in [-0.1, -0.05) is 19.1 Å². The highest BCUT2D eigenvalue weighted by molar-refractivity contribution is 7.91. The van der Waals surface area contributed by atoms with Gasteiger partial charge >= 0.3 is 6.18 Å². The minimum absolute atomic E-state index is 0.0218. The summed E-state index contributed by atoms with van der Waals surface area (Å²) in [4.78, 5) is 23.5. The minimum atomic E-state index is -4.60. The third kappa shape index (κ3) is 3.54. The highest BCUT2D eigenvalue weighted by Crippen LogP contribution is 2.33. The van der Waals surface area contributed by atoms with E-state index in [4.69, 9.17) is 0 Å². The number of halogens is 3. The van der Waals surface area contributed by atoms with E-state index >= 15 is 0 Å². The van der Waals surface area contributed by atoms with Crippen molar-refractivity contribution in [1.82, 2.24) is 19.5 Å². The van der Waals surface area contributed by atoms with Crippen LogP contribution in [-0.2, 0) is 23.1 Å². The first-order chi connectivity index (χ1) is 14.5. The first-order valence-corrected chi connectivity index (χ1v) is 10.7. The first kappa shape index (κ1) is 20.9. The maximum atomic E-state index is 13.1. The second-order valence-corrected chi connectivity index (χ2v) is 9.11. The second kappa shape index (κ2) is 7.12. The molecule has 0 aliphatic carbocycles. The van der Waals surface area contributed by atoms with Gasteiger partial charge < -0.3 is 4.57 Å². The predicted molar refractivity (Wildman–Crippen MR) is 107 cm³/mol. The lowest BCUT2D eigenvalue weighted by Crippen LogP contribution is -2.09. The normalized spacial score (nSPS) is 12.5. The van der Waals surface area contributed by atoms with Crippen LogP contribution in [0.3, 0.4) is 0 Å². The molecule has 0 saturated carbocycles. The van der Waals surface area contributed by atoms with E-state index in [1.54, 1.807) is 6.07 Å². The van der Waals surface area contributed by atoms with Gasteiger partial charge in [0.2, 0.25) is 0 Å². The van der Waals surface area contributed by atoms with Gasteiger partial charge in [-0.2, -0.15) is 13.2 Å². The summed E-state index contributed by atoms with van der Waals surface area (Å²) < 4.78 is 66.1. The molecule has 31 heavy (non-hydrogen) atoms. The largest absolute Gasteiger partial charge is 0.417 e. The van der Waals surface area contributed by atoms with Crippen LogP contribution in [0.2, 0.25) is 0 Å². The average molecular weight is 448 g/mol. The molecule has 0 saturated heterocycles. The summed E-state index contributed by atoms with van der Waals surface area (Å²) >= 11 is 0. The highest BCUT2D eigenvalue weighted by atomic mass is 32.2. The summed E-state index contributed by atoms with van der Waals surface area (Å²) in [6, 6.07) is 6.90. The van der Waals surface area contributed by atoms with E-state index < -0.39 is 21.6 Å². The summed E-state index contributed by atoms with van der Waals surface area (Å²) in [5.41, 5.74) is -0.189. The number of nitrogens with zero attached hydrogens (tertiary/aromatic N) is 4. The Morgan fingerprint density at radius 2 is 1.84 bits per heavy atom. The van der Waals surface area contributed by atoms with E-state index in [0.29, 0.717) is 28.9 Å².